The Hall–Kier alpha value is -8.94. The minimum atomic E-state index is -2.37. The Morgan fingerprint density at radius 1 is 0.542 bits per heavy atom. The van der Waals surface area contributed by atoms with E-state index in [1.807, 2.05) is 60.7 Å². The molecule has 0 bridgehead atoms. The molecule has 37 nitrogen and oxygen atoms in total. The number of nitrogens with zero attached hydrogens (tertiary/aromatic N) is 1. The molecule has 6 aliphatic heterocycles. The molecule has 0 aliphatic carbocycles. The summed E-state index contributed by atoms with van der Waals surface area (Å²) in [5.41, 5.74) is 3.28. The highest BCUT2D eigenvalue weighted by Crippen LogP contribution is 2.34. The number of benzene rings is 4. The van der Waals surface area contributed by atoms with Gasteiger partial charge in [0.25, 0.3) is 0 Å². The molecule has 0 radical (unpaired) electrons. The van der Waals surface area contributed by atoms with E-state index < -0.39 is 240 Å². The van der Waals surface area contributed by atoms with Gasteiger partial charge in [-0.05, 0) is 46.4 Å². The van der Waals surface area contributed by atoms with E-state index in [0.29, 0.717) is 5.56 Å². The summed E-state index contributed by atoms with van der Waals surface area (Å²) in [7, 11) is 0. The zero-order chi connectivity index (χ0) is 76.9. The molecule has 107 heavy (non-hydrogen) atoms. The Balaban J connectivity index is 0.897. The van der Waals surface area contributed by atoms with E-state index in [1.165, 1.54) is 24.3 Å². The highest BCUT2D eigenvalue weighted by atomic mass is 16.7. The molecule has 6 amide bonds. The van der Waals surface area contributed by atoms with Crippen molar-refractivity contribution in [1.29, 1.82) is 10.8 Å². The fourth-order valence-corrected chi connectivity index (χ4v) is 13.7. The van der Waals surface area contributed by atoms with E-state index in [9.17, 15) is 80.8 Å². The van der Waals surface area contributed by atoms with Crippen molar-refractivity contribution in [2.75, 3.05) is 52.7 Å². The number of aliphatic hydroxyl groups is 13. The van der Waals surface area contributed by atoms with E-state index in [-0.39, 0.29) is 36.8 Å². The zero-order valence-electron chi connectivity index (χ0n) is 57.7. The summed E-state index contributed by atoms with van der Waals surface area (Å²) >= 11 is 0. The zero-order valence-corrected chi connectivity index (χ0v) is 57.7. The SMILES string of the molecule is CCC(c1ccccc1)C1NC(=O)CNC(=O)C(CO)NC(=O)C(C(O)C2CNC(=N)N2C2OC(CO)C(O)C(O)C2O)NC(=O)C(C(O)C2CNC(=N)N2)NC(=O)C(Cc2ccc(OC3OC(CO)C(OC4OC(CO)C(OCC=C(c5ccccc5)c5ccccc5)C(O)C4O)C(O)C3O)cc2)NC1=O. The highest BCUT2D eigenvalue weighted by molar-refractivity contribution is 5.98. The van der Waals surface area contributed by atoms with Gasteiger partial charge in [0.1, 0.15) is 121 Å². The van der Waals surface area contributed by atoms with Gasteiger partial charge in [-0.1, -0.05) is 116 Å². The molecule has 582 valence electrons. The molecule has 0 aromatic heterocycles. The predicted octanol–water partition coefficient (Wildman–Crippen LogP) is -8.65. The summed E-state index contributed by atoms with van der Waals surface area (Å²) in [6.45, 7) is -3.77. The van der Waals surface area contributed by atoms with Crippen LogP contribution in [0.2, 0.25) is 0 Å². The first kappa shape index (κ1) is 80.6. The molecule has 0 spiro atoms. The summed E-state index contributed by atoms with van der Waals surface area (Å²) in [4.78, 5) is 89.0. The largest absolute Gasteiger partial charge is 0.462 e. The topological polar surface area (TPSA) is 580 Å². The Morgan fingerprint density at radius 3 is 1.71 bits per heavy atom. The van der Waals surface area contributed by atoms with Crippen LogP contribution in [0.4, 0.5) is 0 Å². The van der Waals surface area contributed by atoms with E-state index in [2.05, 4.69) is 47.9 Å². The smallest absolute Gasteiger partial charge is 0.246 e. The third-order valence-corrected chi connectivity index (χ3v) is 19.5. The molecule has 6 heterocycles. The Kier molecular flexibility index (Phi) is 27.7. The van der Waals surface area contributed by atoms with Crippen molar-refractivity contribution < 1.29 is 124 Å². The molecular formula is C70H92N12O25. The summed E-state index contributed by atoms with van der Waals surface area (Å²) < 4.78 is 35.5. The number of carbonyl (C=O) groups excluding carboxylic acids is 6. The van der Waals surface area contributed by atoms with Gasteiger partial charge in [-0.3, -0.25) is 39.6 Å². The summed E-state index contributed by atoms with van der Waals surface area (Å²) in [5.74, 6) is -9.21. The maximum Gasteiger partial charge on any atom is 0.246 e. The van der Waals surface area contributed by atoms with Crippen LogP contribution in [0.15, 0.2) is 121 Å². The predicted molar refractivity (Wildman–Crippen MR) is 370 cm³/mol. The molecule has 6 aliphatic rings. The van der Waals surface area contributed by atoms with Gasteiger partial charge in [-0.15, -0.1) is 0 Å². The minimum absolute atomic E-state index is 0.0704. The number of carbonyl (C=O) groups is 6. The third-order valence-electron chi connectivity index (χ3n) is 19.5. The van der Waals surface area contributed by atoms with Crippen LogP contribution in [0.5, 0.6) is 5.75 Å². The van der Waals surface area contributed by atoms with E-state index in [1.54, 1.807) is 43.3 Å². The molecule has 10 rings (SSSR count). The van der Waals surface area contributed by atoms with E-state index >= 15 is 14.4 Å². The number of hydrogen-bond acceptors (Lipinski definition) is 27. The second-order valence-corrected chi connectivity index (χ2v) is 26.5. The average molecular weight is 1500 g/mol. The van der Waals surface area contributed by atoms with Crippen molar-refractivity contribution in [3.63, 3.8) is 0 Å². The van der Waals surface area contributed by atoms with Gasteiger partial charge < -0.3 is 148 Å². The van der Waals surface area contributed by atoms with Gasteiger partial charge in [0, 0.05) is 25.4 Å². The first-order valence-electron chi connectivity index (χ1n) is 34.8. The molecular weight excluding hydrogens is 1410 g/mol. The van der Waals surface area contributed by atoms with Crippen molar-refractivity contribution in [2.24, 2.45) is 0 Å². The van der Waals surface area contributed by atoms with Crippen molar-refractivity contribution in [3.05, 3.63) is 144 Å². The normalized spacial score (nSPS) is 33.6. The van der Waals surface area contributed by atoms with Gasteiger partial charge in [0.15, 0.2) is 24.4 Å². The lowest BCUT2D eigenvalue weighted by Crippen LogP contribution is -2.69. The molecule has 6 saturated heterocycles. The fraction of sp³-hybridized carbons (Fsp3) is 0.514. The summed E-state index contributed by atoms with van der Waals surface area (Å²) in [5, 5.41) is 184. The Morgan fingerprint density at radius 2 is 1.10 bits per heavy atom. The van der Waals surface area contributed by atoms with Crippen LogP contribution in [0, 0.1) is 10.8 Å². The number of rotatable bonds is 23. The highest BCUT2D eigenvalue weighted by Gasteiger charge is 2.55. The molecule has 25 atom stereocenters. The lowest BCUT2D eigenvalue weighted by molar-refractivity contribution is -0.354. The van der Waals surface area contributed by atoms with Crippen LogP contribution in [0.1, 0.15) is 41.5 Å². The standard InChI is InChI=1S/C70H92N12O25/c1-2-37(33-12-6-3-7-13-33)47-63(99)76-39(24-32-18-20-36(21-19-32)103-67-58(96)55(93)60(45(31-86)106-67)107-68-57(95)54(92)59(44(30-85)105-68)102-23-22-38(34-14-8-4-9-15-34)35-16-10-5-11-17-35)62(98)80-48(50(88)40-25-74-69(71)78-40)65(101)81-49(64(100)77-41(28-83)61(97)73-27-46(87)79-47)51(89)42-26-75-70(72)82(42)66-56(94)53(91)52(90)43(29-84)104-66/h3-22,37,39-45,47-60,66-68,83-86,88-96H,2,23-31H2,1H3,(H2,72,75)(H,73,97)(H,76,99)(H,77,100)(H,79,87)(H,80,98)(H,81,101)(H3,71,74,78). The van der Waals surface area contributed by atoms with E-state index in [0.717, 1.165) is 21.6 Å². The van der Waals surface area contributed by atoms with Gasteiger partial charge >= 0.3 is 0 Å². The number of nitrogens with one attached hydrogen (secondary N) is 11. The van der Waals surface area contributed by atoms with Crippen molar-refractivity contribution in [2.45, 2.75) is 172 Å². The molecule has 24 N–H and O–H groups in total. The second-order valence-electron chi connectivity index (χ2n) is 26.5. The number of ether oxygens (including phenoxy) is 6. The number of hydrogen-bond donors (Lipinski definition) is 24. The van der Waals surface area contributed by atoms with Crippen molar-refractivity contribution in [3.8, 4) is 5.75 Å². The maximum absolute atomic E-state index is 15.3. The van der Waals surface area contributed by atoms with Crippen LogP contribution in [0.25, 0.3) is 5.57 Å². The van der Waals surface area contributed by atoms with Gasteiger partial charge in [0.2, 0.25) is 41.7 Å². The Labute approximate surface area is 612 Å². The third kappa shape index (κ3) is 18.8. The number of guanidine groups is 2. The monoisotopic (exact) mass is 1500 g/mol. The molecule has 0 saturated carbocycles. The average Bonchev–Trinajstić information content (AvgIpc) is 1.76. The minimum Gasteiger partial charge on any atom is -0.462 e. The summed E-state index contributed by atoms with van der Waals surface area (Å²) in [6, 6.07) is 19.8. The molecule has 25 unspecified atom stereocenters. The first-order chi connectivity index (χ1) is 51.4. The van der Waals surface area contributed by atoms with Crippen molar-refractivity contribution in [1.82, 2.24) is 52.8 Å². The quantitative estimate of drug-likeness (QED) is 0.0328. The first-order valence-corrected chi connectivity index (χ1v) is 34.8. The molecule has 37 heteroatoms. The number of aliphatic hydroxyl groups excluding tert-OH is 13. The van der Waals surface area contributed by atoms with Crippen LogP contribution >= 0.6 is 0 Å². The van der Waals surface area contributed by atoms with Gasteiger partial charge in [-0.2, -0.15) is 0 Å². The lowest BCUT2D eigenvalue weighted by Gasteiger charge is -2.46. The number of amides is 6. The van der Waals surface area contributed by atoms with E-state index in [4.69, 9.17) is 39.2 Å². The van der Waals surface area contributed by atoms with Crippen LogP contribution < -0.4 is 52.6 Å². The molecule has 4 aromatic rings. The van der Waals surface area contributed by atoms with Crippen LogP contribution in [-0.2, 0) is 58.9 Å². The maximum atomic E-state index is 15.3. The fourth-order valence-electron chi connectivity index (χ4n) is 13.7. The van der Waals surface area contributed by atoms with Crippen molar-refractivity contribution >= 4 is 52.9 Å². The Bertz CT molecular complexity index is 3670. The van der Waals surface area contributed by atoms with Crippen LogP contribution in [-0.4, -0.2) is 318 Å². The van der Waals surface area contributed by atoms with Gasteiger partial charge in [-0.25, -0.2) is 0 Å². The van der Waals surface area contributed by atoms with Gasteiger partial charge in [0.05, 0.1) is 51.7 Å². The molecule has 6 fully saturated rings. The lowest BCUT2D eigenvalue weighted by atomic mass is 9.88. The summed E-state index contributed by atoms with van der Waals surface area (Å²) in [6.07, 6.45) is -29.3. The molecule has 4 aromatic carbocycles. The van der Waals surface area contributed by atoms with Crippen LogP contribution in [0.3, 0.4) is 0 Å². The second kappa shape index (κ2) is 36.8.